The Bertz CT molecular complexity index is 752. The van der Waals surface area contributed by atoms with Crippen LogP contribution in [-0.2, 0) is 15.9 Å². The van der Waals surface area contributed by atoms with E-state index in [9.17, 15) is 5.11 Å². The summed E-state index contributed by atoms with van der Waals surface area (Å²) in [6, 6.07) is 9.63. The molecule has 1 N–H and O–H groups in total. The molecule has 0 amide bonds. The number of aryl methyl sites for hydroxylation is 1. The minimum absolute atomic E-state index is 0.123. The van der Waals surface area contributed by atoms with E-state index in [4.69, 9.17) is 14.2 Å². The van der Waals surface area contributed by atoms with E-state index in [0.29, 0.717) is 6.61 Å². The molecule has 1 aromatic carbocycles. The first-order valence-corrected chi connectivity index (χ1v) is 9.00. The molecule has 1 aromatic heterocycles. The molecule has 6 nitrogen and oxygen atoms in total. The first-order chi connectivity index (χ1) is 12.6. The summed E-state index contributed by atoms with van der Waals surface area (Å²) in [7, 11) is 1.64. The van der Waals surface area contributed by atoms with Crippen molar-refractivity contribution < 1.29 is 19.3 Å². The summed E-state index contributed by atoms with van der Waals surface area (Å²) in [5, 5.41) is 10.8. The average molecular weight is 356 g/mol. The van der Waals surface area contributed by atoms with E-state index in [0.717, 1.165) is 35.5 Å². The highest BCUT2D eigenvalue weighted by Crippen LogP contribution is 2.42. The smallest absolute Gasteiger partial charge is 0.184 e. The first-order valence-electron chi connectivity index (χ1n) is 9.00. The van der Waals surface area contributed by atoms with Gasteiger partial charge in [0.2, 0.25) is 0 Å². The van der Waals surface area contributed by atoms with Crippen LogP contribution in [0.5, 0.6) is 5.75 Å². The van der Waals surface area contributed by atoms with Crippen molar-refractivity contribution in [2.45, 2.75) is 38.3 Å². The molecule has 0 bridgehead atoms. The van der Waals surface area contributed by atoms with Gasteiger partial charge < -0.3 is 19.3 Å². The Morgan fingerprint density at radius 3 is 2.77 bits per heavy atom. The largest absolute Gasteiger partial charge is 0.497 e. The third kappa shape index (κ3) is 3.45. The van der Waals surface area contributed by atoms with Crippen LogP contribution in [0.15, 0.2) is 36.7 Å². The van der Waals surface area contributed by atoms with Crippen molar-refractivity contribution in [1.29, 1.82) is 0 Å². The molecule has 1 saturated heterocycles. The summed E-state index contributed by atoms with van der Waals surface area (Å²) in [5.41, 5.74) is 2.85. The molecule has 1 aliphatic carbocycles. The van der Waals surface area contributed by atoms with Gasteiger partial charge in [0.05, 0.1) is 25.9 Å². The second-order valence-corrected chi connectivity index (χ2v) is 7.14. The fourth-order valence-corrected chi connectivity index (χ4v) is 3.99. The fourth-order valence-electron chi connectivity index (χ4n) is 3.99. The molecule has 4 rings (SSSR count). The van der Waals surface area contributed by atoms with Crippen molar-refractivity contribution in [2.24, 2.45) is 11.8 Å². The lowest BCUT2D eigenvalue weighted by atomic mass is 9.98. The Hall–Kier alpha value is -2.02. The minimum Gasteiger partial charge on any atom is -0.497 e. The summed E-state index contributed by atoms with van der Waals surface area (Å²) in [6.07, 6.45) is 2.02. The monoisotopic (exact) mass is 356 g/mol. The Kier molecular flexibility index (Phi) is 4.89. The second kappa shape index (κ2) is 7.31. The van der Waals surface area contributed by atoms with E-state index in [1.165, 1.54) is 0 Å². The van der Waals surface area contributed by atoms with Crippen molar-refractivity contribution in [3.8, 4) is 5.75 Å². The van der Waals surface area contributed by atoms with E-state index in [1.54, 1.807) is 13.4 Å². The molecule has 2 heterocycles. The Morgan fingerprint density at radius 1 is 1.23 bits per heavy atom. The molecule has 6 heteroatoms. The van der Waals surface area contributed by atoms with E-state index >= 15 is 0 Å². The molecule has 2 fully saturated rings. The molecule has 1 unspecified atom stereocenters. The van der Waals surface area contributed by atoms with Crippen molar-refractivity contribution in [3.63, 3.8) is 0 Å². The summed E-state index contributed by atoms with van der Waals surface area (Å²) < 4.78 is 17.2. The van der Waals surface area contributed by atoms with Crippen LogP contribution < -0.4 is 4.74 Å². The van der Waals surface area contributed by atoms with Crippen LogP contribution in [0.25, 0.3) is 0 Å². The second-order valence-electron chi connectivity index (χ2n) is 7.14. The van der Waals surface area contributed by atoms with Gasteiger partial charge in [0.15, 0.2) is 6.29 Å². The van der Waals surface area contributed by atoms with Gasteiger partial charge in [-0.2, -0.15) is 0 Å². The maximum Gasteiger partial charge on any atom is 0.184 e. The Balaban J connectivity index is 1.43. The van der Waals surface area contributed by atoms with E-state index in [1.807, 2.05) is 37.3 Å². The number of ether oxygens (including phenoxy) is 3. The van der Waals surface area contributed by atoms with Gasteiger partial charge in [0, 0.05) is 22.9 Å². The quantitative estimate of drug-likeness (QED) is 0.907. The molecule has 138 valence electrons. The fraction of sp³-hybridized carbons (Fsp3) is 0.500. The first kappa shape index (κ1) is 17.4. The maximum atomic E-state index is 10.8. The number of methoxy groups -OCH3 is 1. The number of aliphatic hydroxyl groups is 1. The number of hydrogen-bond donors (Lipinski definition) is 1. The number of fused-ring (bicyclic) bond motifs is 1. The number of hydrogen-bond acceptors (Lipinski definition) is 6. The highest BCUT2D eigenvalue weighted by Gasteiger charge is 2.47. The van der Waals surface area contributed by atoms with Gasteiger partial charge in [-0.05, 0) is 43.9 Å². The van der Waals surface area contributed by atoms with Gasteiger partial charge in [-0.3, -0.25) is 0 Å². The van der Waals surface area contributed by atoms with Crippen LogP contribution in [0, 0.1) is 18.8 Å². The molecule has 2 aromatic rings. The molecule has 0 radical (unpaired) electrons. The van der Waals surface area contributed by atoms with Crippen molar-refractivity contribution in [2.75, 3.05) is 13.7 Å². The van der Waals surface area contributed by atoms with Crippen LogP contribution in [0.4, 0.5) is 0 Å². The molecule has 26 heavy (non-hydrogen) atoms. The van der Waals surface area contributed by atoms with Gasteiger partial charge in [0.1, 0.15) is 12.1 Å². The molecule has 5 atom stereocenters. The zero-order chi connectivity index (χ0) is 18.1. The van der Waals surface area contributed by atoms with Crippen LogP contribution in [0.1, 0.15) is 29.7 Å². The van der Waals surface area contributed by atoms with Gasteiger partial charge in [-0.15, -0.1) is 0 Å². The Labute approximate surface area is 153 Å². The van der Waals surface area contributed by atoms with Crippen LogP contribution in [0.3, 0.4) is 0 Å². The topological polar surface area (TPSA) is 73.7 Å². The summed E-state index contributed by atoms with van der Waals surface area (Å²) in [6.45, 7) is 2.55. The zero-order valence-electron chi connectivity index (χ0n) is 15.0. The summed E-state index contributed by atoms with van der Waals surface area (Å²) >= 11 is 0. The van der Waals surface area contributed by atoms with E-state index < -0.39 is 12.4 Å². The zero-order valence-corrected chi connectivity index (χ0v) is 15.0. The highest BCUT2D eigenvalue weighted by atomic mass is 16.7. The van der Waals surface area contributed by atoms with E-state index in [-0.39, 0.29) is 17.9 Å². The summed E-state index contributed by atoms with van der Waals surface area (Å²) in [4.78, 5) is 8.46. The number of nitrogens with zero attached hydrogens (tertiary/aromatic N) is 2. The lowest BCUT2D eigenvalue weighted by Crippen LogP contribution is -2.39. The van der Waals surface area contributed by atoms with E-state index in [2.05, 4.69) is 9.97 Å². The summed E-state index contributed by atoms with van der Waals surface area (Å²) in [5.74, 6) is 1.13. The van der Waals surface area contributed by atoms with Crippen LogP contribution in [-0.4, -0.2) is 41.0 Å². The number of aromatic nitrogens is 2. The van der Waals surface area contributed by atoms with Crippen molar-refractivity contribution in [1.82, 2.24) is 9.97 Å². The van der Waals surface area contributed by atoms with Gasteiger partial charge >= 0.3 is 0 Å². The molecular formula is C20H24N2O4. The molecule has 1 aliphatic heterocycles. The lowest BCUT2D eigenvalue weighted by Gasteiger charge is -2.34. The average Bonchev–Trinajstić information content (AvgIpc) is 2.97. The van der Waals surface area contributed by atoms with Crippen molar-refractivity contribution >= 4 is 0 Å². The minimum atomic E-state index is -0.514. The third-order valence-corrected chi connectivity index (χ3v) is 5.35. The predicted octanol–water partition coefficient (Wildman–Crippen LogP) is 2.45. The molecule has 2 aliphatic rings. The number of rotatable bonds is 4. The lowest BCUT2D eigenvalue weighted by molar-refractivity contribution is -0.249. The number of aliphatic hydroxyl groups excluding tert-OH is 1. The molecule has 1 saturated carbocycles. The highest BCUT2D eigenvalue weighted by molar-refractivity contribution is 5.28. The van der Waals surface area contributed by atoms with Gasteiger partial charge in [0.25, 0.3) is 0 Å². The van der Waals surface area contributed by atoms with Crippen molar-refractivity contribution in [3.05, 3.63) is 53.6 Å². The third-order valence-electron chi connectivity index (χ3n) is 5.35. The SMILES string of the molecule is COc1ccc(C2OC[C@@H]3C[C@@H](Cc4cc(C)ncn4)[C@H](O)[C@@H]3O2)cc1. The molecular weight excluding hydrogens is 332 g/mol. The number of benzene rings is 1. The van der Waals surface area contributed by atoms with Crippen LogP contribution >= 0.6 is 0 Å². The Morgan fingerprint density at radius 2 is 2.04 bits per heavy atom. The predicted molar refractivity (Wildman–Crippen MR) is 94.6 cm³/mol. The van der Waals surface area contributed by atoms with Gasteiger partial charge in [-0.25, -0.2) is 9.97 Å². The molecule has 0 spiro atoms. The van der Waals surface area contributed by atoms with Crippen LogP contribution in [0.2, 0.25) is 0 Å². The normalized spacial score (nSPS) is 30.8. The standard InChI is InChI=1S/C20H24N2O4/c1-12-7-16(22-11-21-12)9-14-8-15-10-25-20(26-19(15)18(14)23)13-3-5-17(24-2)6-4-13/h3-7,11,14-15,18-20,23H,8-10H2,1-2H3/t14-,15-,18-,19+,20?/m0/s1. The van der Waals surface area contributed by atoms with Gasteiger partial charge in [-0.1, -0.05) is 12.1 Å². The maximum absolute atomic E-state index is 10.8.